The van der Waals surface area contributed by atoms with Crippen molar-refractivity contribution in [2.45, 2.75) is 24.0 Å². The molecular weight excluding hydrogens is 369 g/mol. The molecule has 0 unspecified atom stereocenters. The third kappa shape index (κ3) is 2.74. The van der Waals surface area contributed by atoms with E-state index in [0.717, 1.165) is 40.8 Å². The third-order valence-corrected chi connectivity index (χ3v) is 6.32. The van der Waals surface area contributed by atoms with Gasteiger partial charge in [0.1, 0.15) is 0 Å². The monoisotopic (exact) mass is 382 g/mol. The Labute approximate surface area is 146 Å². The molecule has 1 aliphatic rings. The van der Waals surface area contributed by atoms with Crippen LogP contribution in [0.2, 0.25) is 0 Å². The van der Waals surface area contributed by atoms with Gasteiger partial charge in [-0.15, -0.1) is 0 Å². The average molecular weight is 382 g/mol. The smallest absolute Gasteiger partial charge is 0.261 e. The van der Waals surface area contributed by atoms with Gasteiger partial charge in [0, 0.05) is 24.7 Å². The fraction of sp³-hybridized carbons (Fsp3) is 0.250. The Kier molecular flexibility index (Phi) is 3.77. The summed E-state index contributed by atoms with van der Waals surface area (Å²) in [5.74, 6) is 0. The molecule has 4 rings (SSSR count). The first-order valence-electron chi connectivity index (χ1n) is 7.74. The lowest BCUT2D eigenvalue weighted by Gasteiger charge is -2.28. The van der Waals surface area contributed by atoms with Crippen LogP contribution in [0.5, 0.6) is 0 Å². The maximum atomic E-state index is 12.8. The molecule has 0 spiro atoms. The zero-order chi connectivity index (χ0) is 18.5. The molecule has 10 heteroatoms. The molecule has 136 valence electrons. The molecule has 1 aromatic carbocycles. The van der Waals surface area contributed by atoms with Crippen LogP contribution in [0.25, 0.3) is 11.0 Å². The van der Waals surface area contributed by atoms with E-state index in [2.05, 4.69) is 15.2 Å². The van der Waals surface area contributed by atoms with Crippen LogP contribution in [0.3, 0.4) is 0 Å². The standard InChI is InChI=1S/C16H13F3N4O2S/c17-16(18,19)11-1-3-12(4-2-11)26(24,25)23-6-5-13-10(9-23)7-20-15-14(13)8-21-22-15/h1-4,7-8H,5-6,9H2,(H,20,21,22). The topological polar surface area (TPSA) is 79.0 Å². The van der Waals surface area contributed by atoms with Crippen molar-refractivity contribution in [1.29, 1.82) is 0 Å². The molecule has 3 heterocycles. The van der Waals surface area contributed by atoms with Gasteiger partial charge in [-0.2, -0.15) is 22.6 Å². The molecule has 3 aromatic rings. The molecular formula is C16H13F3N4O2S. The van der Waals surface area contributed by atoms with Crippen molar-refractivity contribution in [1.82, 2.24) is 19.5 Å². The number of pyridine rings is 1. The highest BCUT2D eigenvalue weighted by atomic mass is 32.2. The van der Waals surface area contributed by atoms with E-state index in [1.165, 1.54) is 4.31 Å². The highest BCUT2D eigenvalue weighted by molar-refractivity contribution is 7.89. The van der Waals surface area contributed by atoms with Crippen LogP contribution in [0.1, 0.15) is 16.7 Å². The van der Waals surface area contributed by atoms with Gasteiger partial charge in [0.05, 0.1) is 16.7 Å². The molecule has 6 nitrogen and oxygen atoms in total. The SMILES string of the molecule is O=S(=O)(c1ccc(C(F)(F)F)cc1)N1CCc2c(cnc3[nH]ncc23)C1. The van der Waals surface area contributed by atoms with Crippen molar-refractivity contribution in [3.8, 4) is 0 Å². The van der Waals surface area contributed by atoms with Gasteiger partial charge >= 0.3 is 6.18 Å². The minimum absolute atomic E-state index is 0.118. The number of nitrogens with one attached hydrogen (secondary N) is 1. The van der Waals surface area contributed by atoms with Crippen LogP contribution in [0.4, 0.5) is 13.2 Å². The molecule has 0 radical (unpaired) electrons. The predicted molar refractivity (Wildman–Crippen MR) is 86.6 cm³/mol. The summed E-state index contributed by atoms with van der Waals surface area (Å²) < 4.78 is 64.8. The quantitative estimate of drug-likeness (QED) is 0.739. The van der Waals surface area contributed by atoms with Crippen molar-refractivity contribution in [3.63, 3.8) is 0 Å². The molecule has 0 fully saturated rings. The largest absolute Gasteiger partial charge is 0.416 e. The van der Waals surface area contributed by atoms with E-state index in [1.807, 2.05) is 0 Å². The second-order valence-corrected chi connectivity index (χ2v) is 7.94. The number of fused-ring (bicyclic) bond motifs is 3. The average Bonchev–Trinajstić information content (AvgIpc) is 3.09. The number of sulfonamides is 1. The number of rotatable bonds is 2. The minimum Gasteiger partial charge on any atom is -0.261 e. The summed E-state index contributed by atoms with van der Waals surface area (Å²) in [5, 5.41) is 7.57. The number of aromatic amines is 1. The first-order chi connectivity index (χ1) is 12.3. The summed E-state index contributed by atoms with van der Waals surface area (Å²) in [4.78, 5) is 4.06. The molecule has 2 aromatic heterocycles. The normalized spacial score (nSPS) is 16.0. The van der Waals surface area contributed by atoms with E-state index in [0.29, 0.717) is 12.1 Å². The molecule has 1 N–H and O–H groups in total. The number of alkyl halides is 3. The fourth-order valence-corrected chi connectivity index (χ4v) is 4.52. The van der Waals surface area contributed by atoms with E-state index >= 15 is 0 Å². The van der Waals surface area contributed by atoms with Gasteiger partial charge in [-0.25, -0.2) is 13.4 Å². The van der Waals surface area contributed by atoms with Gasteiger partial charge in [-0.3, -0.25) is 5.10 Å². The molecule has 0 aliphatic carbocycles. The van der Waals surface area contributed by atoms with Gasteiger partial charge in [0.25, 0.3) is 0 Å². The van der Waals surface area contributed by atoms with Crippen molar-refractivity contribution >= 4 is 21.1 Å². The van der Waals surface area contributed by atoms with Crippen molar-refractivity contribution in [2.75, 3.05) is 6.54 Å². The number of nitrogens with zero attached hydrogens (tertiary/aromatic N) is 3. The molecule has 1 aliphatic heterocycles. The Morgan fingerprint density at radius 1 is 1.12 bits per heavy atom. The Hall–Kier alpha value is -2.46. The number of H-pyrrole nitrogens is 1. The third-order valence-electron chi connectivity index (χ3n) is 4.46. The zero-order valence-corrected chi connectivity index (χ0v) is 14.1. The van der Waals surface area contributed by atoms with Gasteiger partial charge in [-0.1, -0.05) is 0 Å². The fourth-order valence-electron chi connectivity index (χ4n) is 3.10. The van der Waals surface area contributed by atoms with Gasteiger partial charge in [0.2, 0.25) is 10.0 Å². The Balaban J connectivity index is 1.65. The second kappa shape index (κ2) is 5.78. The summed E-state index contributed by atoms with van der Waals surface area (Å²) in [6.07, 6.45) is -0.771. The number of benzene rings is 1. The van der Waals surface area contributed by atoms with Crippen LogP contribution in [-0.4, -0.2) is 34.4 Å². The maximum absolute atomic E-state index is 12.8. The first-order valence-corrected chi connectivity index (χ1v) is 9.18. The van der Waals surface area contributed by atoms with Crippen molar-refractivity contribution < 1.29 is 21.6 Å². The van der Waals surface area contributed by atoms with Gasteiger partial charge in [0.15, 0.2) is 5.65 Å². The summed E-state index contributed by atoms with van der Waals surface area (Å²) in [7, 11) is -3.89. The molecule has 0 saturated carbocycles. The van der Waals surface area contributed by atoms with Crippen LogP contribution in [0, 0.1) is 0 Å². The lowest BCUT2D eigenvalue weighted by molar-refractivity contribution is -0.137. The van der Waals surface area contributed by atoms with Crippen LogP contribution in [-0.2, 0) is 29.2 Å². The summed E-state index contributed by atoms with van der Waals surface area (Å²) >= 11 is 0. The van der Waals surface area contributed by atoms with Crippen LogP contribution >= 0.6 is 0 Å². The zero-order valence-electron chi connectivity index (χ0n) is 13.3. The van der Waals surface area contributed by atoms with E-state index in [-0.39, 0.29) is 18.0 Å². The Morgan fingerprint density at radius 2 is 1.85 bits per heavy atom. The molecule has 0 atom stereocenters. The van der Waals surface area contributed by atoms with E-state index < -0.39 is 21.8 Å². The first kappa shape index (κ1) is 17.0. The Bertz CT molecular complexity index is 1080. The lowest BCUT2D eigenvalue weighted by atomic mass is 10.0. The van der Waals surface area contributed by atoms with Crippen LogP contribution < -0.4 is 0 Å². The van der Waals surface area contributed by atoms with Crippen molar-refractivity contribution in [2.24, 2.45) is 0 Å². The lowest BCUT2D eigenvalue weighted by Crippen LogP contribution is -2.36. The predicted octanol–water partition coefficient (Wildman–Crippen LogP) is 2.72. The molecule has 0 saturated heterocycles. The number of hydrogen-bond acceptors (Lipinski definition) is 4. The molecule has 0 amide bonds. The maximum Gasteiger partial charge on any atom is 0.416 e. The van der Waals surface area contributed by atoms with Gasteiger partial charge < -0.3 is 0 Å². The second-order valence-electron chi connectivity index (χ2n) is 6.01. The molecule has 0 bridgehead atoms. The van der Waals surface area contributed by atoms with Crippen molar-refractivity contribution in [3.05, 3.63) is 53.3 Å². The van der Waals surface area contributed by atoms with E-state index in [9.17, 15) is 21.6 Å². The van der Waals surface area contributed by atoms with Crippen LogP contribution in [0.15, 0.2) is 41.6 Å². The number of aromatic nitrogens is 3. The summed E-state index contributed by atoms with van der Waals surface area (Å²) in [6, 6.07) is 3.54. The van der Waals surface area contributed by atoms with E-state index in [4.69, 9.17) is 0 Å². The molecule has 26 heavy (non-hydrogen) atoms. The van der Waals surface area contributed by atoms with E-state index in [1.54, 1.807) is 12.4 Å². The number of hydrogen-bond donors (Lipinski definition) is 1. The Morgan fingerprint density at radius 3 is 2.54 bits per heavy atom. The summed E-state index contributed by atoms with van der Waals surface area (Å²) in [5.41, 5.74) is 1.51. The highest BCUT2D eigenvalue weighted by Crippen LogP contribution is 2.32. The minimum atomic E-state index is -4.51. The highest BCUT2D eigenvalue weighted by Gasteiger charge is 2.33. The summed E-state index contributed by atoms with van der Waals surface area (Å²) in [6.45, 7) is 0.355. The van der Waals surface area contributed by atoms with Gasteiger partial charge in [-0.05, 0) is 41.8 Å². The number of halogens is 3.